The van der Waals surface area contributed by atoms with Gasteiger partial charge in [-0.2, -0.15) is 5.10 Å². The lowest BCUT2D eigenvalue weighted by Gasteiger charge is -2.38. The Morgan fingerprint density at radius 3 is 2.73 bits per heavy atom. The second-order valence-electron chi connectivity index (χ2n) is 2.51. The van der Waals surface area contributed by atoms with Crippen LogP contribution in [0.1, 0.15) is 6.92 Å². The minimum absolute atomic E-state index is 0.309. The predicted octanol–water partition coefficient (Wildman–Crippen LogP) is -0.388. The number of amidine groups is 1. The Morgan fingerprint density at radius 2 is 2.36 bits per heavy atom. The topological polar surface area (TPSA) is 67.6 Å². The summed E-state index contributed by atoms with van der Waals surface area (Å²) >= 11 is 1.66. The van der Waals surface area contributed by atoms with E-state index < -0.39 is 0 Å². The van der Waals surface area contributed by atoms with Gasteiger partial charge in [0, 0.05) is 19.1 Å². The summed E-state index contributed by atoms with van der Waals surface area (Å²) in [5, 5.41) is 4.60. The normalized spacial score (nSPS) is 20.2. The van der Waals surface area contributed by atoms with E-state index in [1.807, 2.05) is 0 Å². The molecule has 1 rings (SSSR count). The predicted molar refractivity (Wildman–Crippen MR) is 49.3 cm³/mol. The molecule has 0 aliphatic carbocycles. The van der Waals surface area contributed by atoms with Crippen LogP contribution in [0, 0.1) is 0 Å². The first-order valence-electron chi connectivity index (χ1n) is 3.69. The molecule has 4 N–H and O–H groups in total. The largest absolute Gasteiger partial charge is 0.347 e. The van der Waals surface area contributed by atoms with E-state index in [0.29, 0.717) is 6.04 Å². The SMILES string of the molecule is CCS/C(=N\N)N1CC(N)C1. The third-order valence-electron chi connectivity index (χ3n) is 1.56. The van der Waals surface area contributed by atoms with E-state index in [9.17, 15) is 0 Å². The lowest BCUT2D eigenvalue weighted by atomic mass is 10.2. The molecule has 0 aromatic heterocycles. The summed E-state index contributed by atoms with van der Waals surface area (Å²) < 4.78 is 0. The summed E-state index contributed by atoms with van der Waals surface area (Å²) in [6.45, 7) is 3.86. The zero-order valence-electron chi connectivity index (χ0n) is 6.66. The summed E-state index contributed by atoms with van der Waals surface area (Å²) in [7, 11) is 0. The number of hydrogen-bond acceptors (Lipinski definition) is 4. The highest BCUT2D eigenvalue weighted by molar-refractivity contribution is 8.13. The van der Waals surface area contributed by atoms with Crippen molar-refractivity contribution in [1.82, 2.24) is 4.90 Å². The van der Waals surface area contributed by atoms with Crippen molar-refractivity contribution in [2.75, 3.05) is 18.8 Å². The van der Waals surface area contributed by atoms with Gasteiger partial charge in [0.25, 0.3) is 0 Å². The fourth-order valence-electron chi connectivity index (χ4n) is 1.01. The molecule has 0 unspecified atom stereocenters. The molecule has 0 amide bonds. The molecule has 4 nitrogen and oxygen atoms in total. The molecule has 1 aliphatic heterocycles. The van der Waals surface area contributed by atoms with E-state index in [-0.39, 0.29) is 0 Å². The number of likely N-dealkylation sites (tertiary alicyclic amines) is 1. The van der Waals surface area contributed by atoms with Gasteiger partial charge in [-0.15, -0.1) is 0 Å². The first kappa shape index (κ1) is 8.67. The van der Waals surface area contributed by atoms with Gasteiger partial charge < -0.3 is 16.5 Å². The fraction of sp³-hybridized carbons (Fsp3) is 0.833. The second kappa shape index (κ2) is 3.82. The van der Waals surface area contributed by atoms with Gasteiger partial charge in [0.15, 0.2) is 5.17 Å². The molecule has 0 aromatic carbocycles. The van der Waals surface area contributed by atoms with Crippen LogP contribution in [0.5, 0.6) is 0 Å². The van der Waals surface area contributed by atoms with Gasteiger partial charge in [-0.25, -0.2) is 0 Å². The van der Waals surface area contributed by atoms with Gasteiger partial charge in [0.05, 0.1) is 0 Å². The molecule has 1 heterocycles. The van der Waals surface area contributed by atoms with Crippen LogP contribution in [-0.4, -0.2) is 35.0 Å². The molecule has 5 heteroatoms. The third-order valence-corrected chi connectivity index (χ3v) is 2.47. The van der Waals surface area contributed by atoms with Gasteiger partial charge in [0.1, 0.15) is 0 Å². The van der Waals surface area contributed by atoms with Gasteiger partial charge in [-0.05, 0) is 5.75 Å². The van der Waals surface area contributed by atoms with Crippen molar-refractivity contribution in [3.8, 4) is 0 Å². The molecule has 1 aliphatic rings. The molecule has 0 aromatic rings. The zero-order valence-corrected chi connectivity index (χ0v) is 7.47. The van der Waals surface area contributed by atoms with E-state index in [0.717, 1.165) is 24.0 Å². The minimum Gasteiger partial charge on any atom is -0.347 e. The zero-order chi connectivity index (χ0) is 8.27. The quantitative estimate of drug-likeness (QED) is 0.246. The van der Waals surface area contributed by atoms with Crippen LogP contribution < -0.4 is 11.6 Å². The number of hydrogen-bond donors (Lipinski definition) is 2. The van der Waals surface area contributed by atoms with Crippen molar-refractivity contribution >= 4 is 16.9 Å². The lowest BCUT2D eigenvalue weighted by molar-refractivity contribution is 0.259. The smallest absolute Gasteiger partial charge is 0.182 e. The van der Waals surface area contributed by atoms with E-state index in [1.54, 1.807) is 11.8 Å². The number of rotatable bonds is 1. The van der Waals surface area contributed by atoms with Crippen LogP contribution in [-0.2, 0) is 0 Å². The van der Waals surface area contributed by atoms with E-state index >= 15 is 0 Å². The maximum atomic E-state index is 5.61. The van der Waals surface area contributed by atoms with Crippen LogP contribution in [0.4, 0.5) is 0 Å². The Kier molecular flexibility index (Phi) is 3.02. The second-order valence-corrected chi connectivity index (χ2v) is 3.74. The van der Waals surface area contributed by atoms with Crippen LogP contribution >= 0.6 is 11.8 Å². The van der Waals surface area contributed by atoms with Crippen LogP contribution in [0.3, 0.4) is 0 Å². The van der Waals surface area contributed by atoms with Crippen molar-refractivity contribution in [1.29, 1.82) is 0 Å². The molecule has 64 valence electrons. The monoisotopic (exact) mass is 174 g/mol. The molecule has 1 fully saturated rings. The van der Waals surface area contributed by atoms with Gasteiger partial charge in [0.2, 0.25) is 0 Å². The fourth-order valence-corrected chi connectivity index (χ4v) is 1.67. The molecular formula is C6H14N4S. The molecule has 1 saturated heterocycles. The first-order valence-corrected chi connectivity index (χ1v) is 4.67. The number of nitrogens with zero attached hydrogens (tertiary/aromatic N) is 2. The molecule has 0 radical (unpaired) electrons. The Bertz CT molecular complexity index is 153. The van der Waals surface area contributed by atoms with Crippen LogP contribution in [0.15, 0.2) is 5.10 Å². The van der Waals surface area contributed by atoms with Crippen molar-refractivity contribution in [2.24, 2.45) is 16.7 Å². The maximum absolute atomic E-state index is 5.61. The van der Waals surface area contributed by atoms with Crippen molar-refractivity contribution in [3.63, 3.8) is 0 Å². The third kappa shape index (κ3) is 2.00. The lowest BCUT2D eigenvalue weighted by Crippen LogP contribution is -2.57. The van der Waals surface area contributed by atoms with E-state index in [1.165, 1.54) is 0 Å². The van der Waals surface area contributed by atoms with Crippen molar-refractivity contribution < 1.29 is 0 Å². The summed E-state index contributed by atoms with van der Waals surface area (Å²) in [4.78, 5) is 2.10. The van der Waals surface area contributed by atoms with Crippen molar-refractivity contribution in [2.45, 2.75) is 13.0 Å². The number of hydrazone groups is 1. The maximum Gasteiger partial charge on any atom is 0.182 e. The number of nitrogens with two attached hydrogens (primary N) is 2. The van der Waals surface area contributed by atoms with Gasteiger partial charge in [-0.1, -0.05) is 18.7 Å². The minimum atomic E-state index is 0.309. The summed E-state index contributed by atoms with van der Waals surface area (Å²) in [5.74, 6) is 6.20. The van der Waals surface area contributed by atoms with Crippen LogP contribution in [0.25, 0.3) is 0 Å². The summed E-state index contributed by atoms with van der Waals surface area (Å²) in [6, 6.07) is 0.309. The molecule has 11 heavy (non-hydrogen) atoms. The highest BCUT2D eigenvalue weighted by Gasteiger charge is 2.25. The number of thioether (sulfide) groups is 1. The highest BCUT2D eigenvalue weighted by atomic mass is 32.2. The molecule has 0 saturated carbocycles. The van der Waals surface area contributed by atoms with Crippen molar-refractivity contribution in [3.05, 3.63) is 0 Å². The molecule has 0 spiro atoms. The van der Waals surface area contributed by atoms with Gasteiger partial charge >= 0.3 is 0 Å². The Morgan fingerprint density at radius 1 is 1.73 bits per heavy atom. The average molecular weight is 174 g/mol. The van der Waals surface area contributed by atoms with E-state index in [2.05, 4.69) is 16.9 Å². The van der Waals surface area contributed by atoms with E-state index in [4.69, 9.17) is 11.6 Å². The highest BCUT2D eigenvalue weighted by Crippen LogP contribution is 2.14. The molecular weight excluding hydrogens is 160 g/mol. The summed E-state index contributed by atoms with van der Waals surface area (Å²) in [6.07, 6.45) is 0. The van der Waals surface area contributed by atoms with Crippen LogP contribution in [0.2, 0.25) is 0 Å². The first-order chi connectivity index (χ1) is 5.27. The Labute approximate surface area is 71.0 Å². The Balaban J connectivity index is 2.33. The van der Waals surface area contributed by atoms with Gasteiger partial charge in [-0.3, -0.25) is 0 Å². The molecule has 0 atom stereocenters. The average Bonchev–Trinajstić information content (AvgIpc) is 1.95. The summed E-state index contributed by atoms with van der Waals surface area (Å²) in [5.41, 5.74) is 5.61. The Hall–Kier alpha value is -0.420. The standard InChI is InChI=1S/C6H14N4S/c1-2-11-6(9-8)10-3-5(7)4-10/h5H,2-4,7-8H2,1H3/b9-6-. The molecule has 0 bridgehead atoms.